The van der Waals surface area contributed by atoms with Crippen LogP contribution in [-0.4, -0.2) is 41.1 Å². The van der Waals surface area contributed by atoms with E-state index < -0.39 is 5.97 Å². The number of hydrogen-bond acceptors (Lipinski definition) is 4. The smallest absolute Gasteiger partial charge is 0.317 e. The number of aliphatic carboxylic acids is 1. The van der Waals surface area contributed by atoms with Crippen molar-refractivity contribution in [2.75, 3.05) is 13.1 Å². The zero-order valence-corrected chi connectivity index (χ0v) is 15.1. The fraction of sp³-hybridized carbons (Fsp3) is 0.421. The maximum atomic E-state index is 14.0. The number of carboxylic acids is 1. The molecule has 0 unspecified atom stereocenters. The van der Waals surface area contributed by atoms with Crippen LogP contribution in [0.2, 0.25) is 0 Å². The highest BCUT2D eigenvalue weighted by molar-refractivity contribution is 7.13. The Labute approximate surface area is 151 Å². The number of carbonyl (C=O) groups is 1. The summed E-state index contributed by atoms with van der Waals surface area (Å²) in [6.07, 6.45) is 1.92. The maximum absolute atomic E-state index is 14.0. The van der Waals surface area contributed by atoms with Crippen LogP contribution >= 0.6 is 11.3 Å². The van der Waals surface area contributed by atoms with Crippen LogP contribution in [0.4, 0.5) is 4.39 Å². The number of rotatable bonds is 8. The number of nitrogens with zero attached hydrogens (tertiary/aromatic N) is 1. The molecule has 0 amide bonds. The molecule has 3 rings (SSSR count). The molecule has 0 bridgehead atoms. The highest BCUT2D eigenvalue weighted by atomic mass is 32.1. The van der Waals surface area contributed by atoms with Gasteiger partial charge in [-0.1, -0.05) is 19.1 Å². The lowest BCUT2D eigenvalue weighted by Crippen LogP contribution is -2.53. The van der Waals surface area contributed by atoms with Crippen LogP contribution in [0, 0.1) is 5.82 Å². The summed E-state index contributed by atoms with van der Waals surface area (Å²) in [5, 5.41) is 14.4. The van der Waals surface area contributed by atoms with Gasteiger partial charge in [-0.3, -0.25) is 9.69 Å². The number of likely N-dealkylation sites (N-methyl/N-ethyl adjacent to an activating group) is 1. The van der Waals surface area contributed by atoms with Crippen LogP contribution in [0.15, 0.2) is 35.7 Å². The van der Waals surface area contributed by atoms with E-state index in [0.717, 1.165) is 29.8 Å². The van der Waals surface area contributed by atoms with Gasteiger partial charge < -0.3 is 10.4 Å². The second-order valence-electron chi connectivity index (χ2n) is 6.45. The molecule has 1 aromatic heterocycles. The lowest BCUT2D eigenvalue weighted by molar-refractivity contribution is -0.139. The summed E-state index contributed by atoms with van der Waals surface area (Å²) in [5.74, 6) is -0.965. The third-order valence-corrected chi connectivity index (χ3v) is 5.69. The monoisotopic (exact) mass is 362 g/mol. The summed E-state index contributed by atoms with van der Waals surface area (Å²) in [7, 11) is 0. The molecule has 0 saturated heterocycles. The highest BCUT2D eigenvalue weighted by Gasteiger charge is 2.33. The minimum atomic E-state index is -0.773. The molecule has 1 fully saturated rings. The quantitative estimate of drug-likeness (QED) is 0.754. The number of carboxylic acid groups (broad SMARTS) is 1. The molecule has 2 aromatic rings. The van der Waals surface area contributed by atoms with Gasteiger partial charge >= 0.3 is 5.97 Å². The third kappa shape index (κ3) is 4.45. The van der Waals surface area contributed by atoms with Crippen LogP contribution in [0.1, 0.15) is 25.3 Å². The summed E-state index contributed by atoms with van der Waals surface area (Å²) in [6, 6.07) is 9.84. The van der Waals surface area contributed by atoms with Gasteiger partial charge in [-0.2, -0.15) is 0 Å². The van der Waals surface area contributed by atoms with Gasteiger partial charge in [-0.25, -0.2) is 4.39 Å². The first-order valence-corrected chi connectivity index (χ1v) is 9.46. The fourth-order valence-corrected chi connectivity index (χ4v) is 4.03. The average Bonchev–Trinajstić information content (AvgIpc) is 3.07. The Bertz CT molecular complexity index is 714. The third-order valence-electron chi connectivity index (χ3n) is 4.79. The molecule has 0 aliphatic heterocycles. The van der Waals surface area contributed by atoms with Crippen molar-refractivity contribution in [2.45, 2.75) is 38.4 Å². The fourth-order valence-electron chi connectivity index (χ4n) is 3.29. The Morgan fingerprint density at radius 3 is 2.84 bits per heavy atom. The van der Waals surface area contributed by atoms with Crippen molar-refractivity contribution >= 4 is 17.3 Å². The number of halogens is 1. The van der Waals surface area contributed by atoms with E-state index in [1.165, 1.54) is 17.4 Å². The van der Waals surface area contributed by atoms with Crippen LogP contribution in [-0.2, 0) is 11.3 Å². The molecule has 0 atom stereocenters. The molecule has 134 valence electrons. The number of hydrogen-bond donors (Lipinski definition) is 2. The predicted octanol–water partition coefficient (Wildman–Crippen LogP) is 3.58. The van der Waals surface area contributed by atoms with Crippen molar-refractivity contribution in [1.82, 2.24) is 10.2 Å². The van der Waals surface area contributed by atoms with Gasteiger partial charge in [0, 0.05) is 29.1 Å². The summed E-state index contributed by atoms with van der Waals surface area (Å²) >= 11 is 1.54. The number of thiophene rings is 1. The number of nitrogens with one attached hydrogen (secondary N) is 1. The predicted molar refractivity (Wildman–Crippen MR) is 98.2 cm³/mol. The molecule has 1 saturated carbocycles. The second-order valence-corrected chi connectivity index (χ2v) is 7.40. The van der Waals surface area contributed by atoms with Crippen LogP contribution in [0.3, 0.4) is 0 Å². The molecule has 4 nitrogen and oxygen atoms in total. The standard InChI is InChI=1S/C19H23FN2O2S/c1-2-22(12-19(23)24)15-9-14(10-15)21-11-13-5-6-17(20)16(8-13)18-4-3-7-25-18/h3-8,14-15,21H,2,9-12H2,1H3,(H,23,24). The summed E-state index contributed by atoms with van der Waals surface area (Å²) in [6.45, 7) is 3.55. The number of benzene rings is 1. The van der Waals surface area contributed by atoms with Crippen LogP contribution in [0.25, 0.3) is 10.4 Å². The molecular formula is C19H23FN2O2S. The SMILES string of the molecule is CCN(CC(=O)O)C1CC(NCc2ccc(F)c(-c3cccs3)c2)C1. The molecule has 2 N–H and O–H groups in total. The van der Waals surface area contributed by atoms with Crippen LogP contribution < -0.4 is 5.32 Å². The van der Waals surface area contributed by atoms with Gasteiger partial charge in [0.1, 0.15) is 5.82 Å². The van der Waals surface area contributed by atoms with Crippen molar-refractivity contribution in [2.24, 2.45) is 0 Å². The molecule has 1 aromatic carbocycles. The first kappa shape index (κ1) is 18.0. The van der Waals surface area contributed by atoms with Gasteiger partial charge in [0.15, 0.2) is 0 Å². The van der Waals surface area contributed by atoms with Crippen molar-refractivity contribution in [1.29, 1.82) is 0 Å². The first-order valence-electron chi connectivity index (χ1n) is 8.58. The lowest BCUT2D eigenvalue weighted by Gasteiger charge is -2.42. The molecular weight excluding hydrogens is 339 g/mol. The molecule has 1 aliphatic rings. The summed E-state index contributed by atoms with van der Waals surface area (Å²) in [4.78, 5) is 13.8. The maximum Gasteiger partial charge on any atom is 0.317 e. The molecule has 1 heterocycles. The van der Waals surface area contributed by atoms with E-state index in [0.29, 0.717) is 24.2 Å². The molecule has 6 heteroatoms. The van der Waals surface area contributed by atoms with Crippen molar-refractivity contribution in [3.8, 4) is 10.4 Å². The van der Waals surface area contributed by atoms with E-state index in [9.17, 15) is 9.18 Å². The Hall–Kier alpha value is -1.76. The first-order chi connectivity index (χ1) is 12.1. The summed E-state index contributed by atoms with van der Waals surface area (Å²) in [5.41, 5.74) is 1.71. The lowest BCUT2D eigenvalue weighted by atomic mass is 9.85. The Balaban J connectivity index is 1.52. The van der Waals surface area contributed by atoms with E-state index in [4.69, 9.17) is 5.11 Å². The topological polar surface area (TPSA) is 52.6 Å². The van der Waals surface area contributed by atoms with Gasteiger partial charge in [0.25, 0.3) is 0 Å². The molecule has 25 heavy (non-hydrogen) atoms. The summed E-state index contributed by atoms with van der Waals surface area (Å²) < 4.78 is 14.0. The Kier molecular flexibility index (Phi) is 5.83. The zero-order chi connectivity index (χ0) is 17.8. The second kappa shape index (κ2) is 8.08. The van der Waals surface area contributed by atoms with E-state index in [1.54, 1.807) is 0 Å². The Morgan fingerprint density at radius 2 is 2.20 bits per heavy atom. The van der Waals surface area contributed by atoms with E-state index in [2.05, 4.69) is 5.32 Å². The largest absolute Gasteiger partial charge is 0.480 e. The molecule has 0 spiro atoms. The van der Waals surface area contributed by atoms with E-state index in [1.807, 2.05) is 41.5 Å². The highest BCUT2D eigenvalue weighted by Crippen LogP contribution is 2.29. The van der Waals surface area contributed by atoms with Gasteiger partial charge in [0.05, 0.1) is 6.54 Å². The molecule has 0 radical (unpaired) electrons. The Morgan fingerprint density at radius 1 is 1.40 bits per heavy atom. The minimum absolute atomic E-state index is 0.107. The minimum Gasteiger partial charge on any atom is -0.480 e. The van der Waals surface area contributed by atoms with Crippen LogP contribution in [0.5, 0.6) is 0 Å². The van der Waals surface area contributed by atoms with Gasteiger partial charge in [-0.05, 0) is 48.5 Å². The molecule has 1 aliphatic carbocycles. The zero-order valence-electron chi connectivity index (χ0n) is 14.2. The van der Waals surface area contributed by atoms with Gasteiger partial charge in [-0.15, -0.1) is 11.3 Å². The van der Waals surface area contributed by atoms with Gasteiger partial charge in [0.2, 0.25) is 0 Å². The normalized spacial score (nSPS) is 19.8. The van der Waals surface area contributed by atoms with E-state index in [-0.39, 0.29) is 12.4 Å². The van der Waals surface area contributed by atoms with Crippen molar-refractivity contribution in [3.63, 3.8) is 0 Å². The average molecular weight is 362 g/mol. The van der Waals surface area contributed by atoms with Crippen molar-refractivity contribution in [3.05, 3.63) is 47.1 Å². The van der Waals surface area contributed by atoms with E-state index >= 15 is 0 Å². The van der Waals surface area contributed by atoms with Crippen molar-refractivity contribution < 1.29 is 14.3 Å².